The fourth-order valence-corrected chi connectivity index (χ4v) is 3.36. The molecule has 0 fully saturated rings. The van der Waals surface area contributed by atoms with Crippen LogP contribution in [0, 0.1) is 10.1 Å². The van der Waals surface area contributed by atoms with Gasteiger partial charge >= 0.3 is 0 Å². The molecule has 0 saturated carbocycles. The highest BCUT2D eigenvalue weighted by atomic mass is 16.6. The molecule has 1 aromatic heterocycles. The van der Waals surface area contributed by atoms with Gasteiger partial charge in [0.15, 0.2) is 0 Å². The fourth-order valence-electron chi connectivity index (χ4n) is 3.36. The second kappa shape index (κ2) is 6.28. The van der Waals surface area contributed by atoms with E-state index in [4.69, 9.17) is 4.42 Å². The molecule has 136 valence electrons. The molecule has 0 bridgehead atoms. The number of furan rings is 1. The van der Waals surface area contributed by atoms with Crippen molar-refractivity contribution in [3.05, 3.63) is 88.4 Å². The van der Waals surface area contributed by atoms with Gasteiger partial charge < -0.3 is 14.6 Å². The molecule has 1 unspecified atom stereocenters. The van der Waals surface area contributed by atoms with Crippen LogP contribution in [-0.4, -0.2) is 10.8 Å². The van der Waals surface area contributed by atoms with Crippen LogP contribution >= 0.6 is 0 Å². The van der Waals surface area contributed by atoms with Crippen LogP contribution in [0.25, 0.3) is 0 Å². The Morgan fingerprint density at radius 2 is 1.96 bits per heavy atom. The number of nitrogens with zero attached hydrogens (tertiary/aromatic N) is 2. The van der Waals surface area contributed by atoms with E-state index in [1.807, 2.05) is 30.3 Å². The van der Waals surface area contributed by atoms with Gasteiger partial charge in [-0.25, -0.2) is 0 Å². The van der Waals surface area contributed by atoms with E-state index in [-0.39, 0.29) is 18.1 Å². The maximum atomic E-state index is 13.5. The largest absolute Gasteiger partial charge is 0.467 e. The van der Waals surface area contributed by atoms with Crippen molar-refractivity contribution in [3.63, 3.8) is 0 Å². The number of para-hydroxylation sites is 2. The van der Waals surface area contributed by atoms with Gasteiger partial charge in [-0.1, -0.05) is 24.3 Å². The van der Waals surface area contributed by atoms with E-state index in [1.54, 1.807) is 36.3 Å². The number of carbonyl (C=O) groups excluding carboxylic acids is 1. The number of nitro benzene ring substituents is 1. The highest BCUT2D eigenvalue weighted by Crippen LogP contribution is 2.41. The number of rotatable bonds is 4. The number of benzene rings is 2. The van der Waals surface area contributed by atoms with Crippen molar-refractivity contribution >= 4 is 23.0 Å². The Balaban J connectivity index is 1.82. The molecule has 1 amide bonds. The van der Waals surface area contributed by atoms with Crippen molar-refractivity contribution in [3.8, 4) is 0 Å². The minimum Gasteiger partial charge on any atom is -0.467 e. The number of anilines is 2. The SMILES string of the molecule is CC1(c2cccc([N+](=O)[O-])c2)Nc2ccccc2N(Cc2ccco2)C1=O. The Morgan fingerprint density at radius 3 is 2.70 bits per heavy atom. The van der Waals surface area contributed by atoms with Gasteiger partial charge in [-0.2, -0.15) is 0 Å². The van der Waals surface area contributed by atoms with Crippen molar-refractivity contribution in [2.24, 2.45) is 0 Å². The maximum Gasteiger partial charge on any atom is 0.269 e. The van der Waals surface area contributed by atoms with E-state index in [9.17, 15) is 14.9 Å². The molecule has 7 heteroatoms. The Kier molecular flexibility index (Phi) is 3.92. The summed E-state index contributed by atoms with van der Waals surface area (Å²) < 4.78 is 5.42. The summed E-state index contributed by atoms with van der Waals surface area (Å²) in [6.45, 7) is 2.01. The summed E-state index contributed by atoms with van der Waals surface area (Å²) in [5.74, 6) is 0.444. The second-order valence-corrected chi connectivity index (χ2v) is 6.55. The minimum atomic E-state index is -1.15. The van der Waals surface area contributed by atoms with E-state index in [2.05, 4.69) is 5.32 Å². The summed E-state index contributed by atoms with van der Waals surface area (Å²) in [4.78, 5) is 25.8. The zero-order valence-corrected chi connectivity index (χ0v) is 14.6. The lowest BCUT2D eigenvalue weighted by Gasteiger charge is -2.41. The molecular formula is C20H17N3O4. The van der Waals surface area contributed by atoms with Gasteiger partial charge in [-0.3, -0.25) is 14.9 Å². The molecule has 1 aliphatic heterocycles. The van der Waals surface area contributed by atoms with Crippen LogP contribution in [0.2, 0.25) is 0 Å². The molecule has 0 radical (unpaired) electrons. The quantitative estimate of drug-likeness (QED) is 0.558. The molecule has 0 spiro atoms. The average molecular weight is 363 g/mol. The summed E-state index contributed by atoms with van der Waals surface area (Å²) in [6, 6.07) is 17.2. The predicted molar refractivity (Wildman–Crippen MR) is 100 cm³/mol. The number of carbonyl (C=O) groups is 1. The number of fused-ring (bicyclic) bond motifs is 1. The van der Waals surface area contributed by atoms with E-state index >= 15 is 0 Å². The van der Waals surface area contributed by atoms with Gasteiger partial charge in [0.2, 0.25) is 0 Å². The third-order valence-electron chi connectivity index (χ3n) is 4.78. The standard InChI is InChI=1S/C20H17N3O4/c1-20(14-6-4-7-15(12-14)23(25)26)19(24)22(13-16-8-5-11-27-16)18-10-3-2-9-17(18)21-20/h2-12,21H,13H2,1H3. The first-order valence-corrected chi connectivity index (χ1v) is 8.45. The molecule has 1 aliphatic rings. The smallest absolute Gasteiger partial charge is 0.269 e. The lowest BCUT2D eigenvalue weighted by Crippen LogP contribution is -2.53. The van der Waals surface area contributed by atoms with Crippen molar-refractivity contribution in [2.75, 3.05) is 10.2 Å². The molecule has 7 nitrogen and oxygen atoms in total. The predicted octanol–water partition coefficient (Wildman–Crippen LogP) is 4.06. The number of hydrogen-bond acceptors (Lipinski definition) is 5. The number of non-ortho nitro benzene ring substituents is 1. The van der Waals surface area contributed by atoms with Crippen LogP contribution < -0.4 is 10.2 Å². The normalized spacial score (nSPS) is 18.7. The summed E-state index contributed by atoms with van der Waals surface area (Å²) >= 11 is 0. The van der Waals surface area contributed by atoms with E-state index in [0.29, 0.717) is 11.3 Å². The first-order valence-electron chi connectivity index (χ1n) is 8.45. The molecule has 0 saturated heterocycles. The van der Waals surface area contributed by atoms with Gasteiger partial charge in [-0.15, -0.1) is 0 Å². The molecule has 1 atom stereocenters. The van der Waals surface area contributed by atoms with Crippen molar-refractivity contribution in [2.45, 2.75) is 19.0 Å². The second-order valence-electron chi connectivity index (χ2n) is 6.55. The summed E-state index contributed by atoms with van der Waals surface area (Å²) in [5.41, 5.74) is 0.840. The minimum absolute atomic E-state index is 0.0558. The van der Waals surface area contributed by atoms with E-state index in [0.717, 1.165) is 11.4 Å². The van der Waals surface area contributed by atoms with Crippen LogP contribution in [0.4, 0.5) is 17.1 Å². The number of nitrogens with one attached hydrogen (secondary N) is 1. The lowest BCUT2D eigenvalue weighted by atomic mass is 9.87. The van der Waals surface area contributed by atoms with Gasteiger partial charge in [0.05, 0.1) is 29.1 Å². The van der Waals surface area contributed by atoms with Crippen LogP contribution in [0.15, 0.2) is 71.3 Å². The molecule has 1 N–H and O–H groups in total. The lowest BCUT2D eigenvalue weighted by molar-refractivity contribution is -0.384. The number of nitro groups is 1. The highest BCUT2D eigenvalue weighted by molar-refractivity contribution is 6.08. The molecule has 2 heterocycles. The zero-order valence-electron chi connectivity index (χ0n) is 14.6. The number of amides is 1. The Labute approximate surface area is 155 Å². The Hall–Kier alpha value is -3.61. The topological polar surface area (TPSA) is 88.6 Å². The maximum absolute atomic E-state index is 13.5. The first kappa shape index (κ1) is 16.8. The van der Waals surface area contributed by atoms with Gasteiger partial charge in [0.1, 0.15) is 11.3 Å². The van der Waals surface area contributed by atoms with Crippen molar-refractivity contribution < 1.29 is 14.1 Å². The Bertz CT molecular complexity index is 1020. The first-order chi connectivity index (χ1) is 13.0. The highest BCUT2D eigenvalue weighted by Gasteiger charge is 2.44. The van der Waals surface area contributed by atoms with Gasteiger partial charge in [0, 0.05) is 12.1 Å². The average Bonchev–Trinajstić information content (AvgIpc) is 3.19. The van der Waals surface area contributed by atoms with Gasteiger partial charge in [0.25, 0.3) is 11.6 Å². The molecule has 27 heavy (non-hydrogen) atoms. The monoisotopic (exact) mass is 363 g/mol. The summed E-state index contributed by atoms with van der Waals surface area (Å²) in [7, 11) is 0. The van der Waals surface area contributed by atoms with E-state index in [1.165, 1.54) is 12.1 Å². The van der Waals surface area contributed by atoms with Gasteiger partial charge in [-0.05, 0) is 36.8 Å². The molecular weight excluding hydrogens is 346 g/mol. The third-order valence-corrected chi connectivity index (χ3v) is 4.78. The molecule has 0 aliphatic carbocycles. The van der Waals surface area contributed by atoms with E-state index < -0.39 is 10.5 Å². The van der Waals surface area contributed by atoms with Crippen LogP contribution in [0.5, 0.6) is 0 Å². The third kappa shape index (κ3) is 2.83. The summed E-state index contributed by atoms with van der Waals surface area (Å²) in [6.07, 6.45) is 1.56. The fraction of sp³-hybridized carbons (Fsp3) is 0.150. The van der Waals surface area contributed by atoms with Crippen LogP contribution in [0.1, 0.15) is 18.2 Å². The molecule has 4 rings (SSSR count). The molecule has 3 aromatic rings. The number of hydrogen-bond donors (Lipinski definition) is 1. The van der Waals surface area contributed by atoms with Crippen molar-refractivity contribution in [1.29, 1.82) is 0 Å². The van der Waals surface area contributed by atoms with Crippen molar-refractivity contribution in [1.82, 2.24) is 0 Å². The summed E-state index contributed by atoms with van der Waals surface area (Å²) in [5, 5.41) is 14.4. The van der Waals surface area contributed by atoms with Crippen LogP contribution in [0.3, 0.4) is 0 Å². The van der Waals surface area contributed by atoms with Crippen LogP contribution in [-0.2, 0) is 16.9 Å². The Morgan fingerprint density at radius 1 is 1.15 bits per heavy atom. The molecule has 2 aromatic carbocycles. The zero-order chi connectivity index (χ0) is 19.0.